The van der Waals surface area contributed by atoms with Crippen molar-refractivity contribution in [3.63, 3.8) is 0 Å². The molecule has 1 amide bonds. The first-order chi connectivity index (χ1) is 4.52. The van der Waals surface area contributed by atoms with Crippen molar-refractivity contribution in [1.82, 2.24) is 4.90 Å². The Bertz CT molecular complexity index is 114. The Morgan fingerprint density at radius 3 is 2.50 bits per heavy atom. The van der Waals surface area contributed by atoms with E-state index in [2.05, 4.69) is 4.74 Å². The average Bonchev–Trinajstić information content (AvgIpc) is 1.58. The first-order valence-corrected chi connectivity index (χ1v) is 3.13. The second-order valence-corrected chi connectivity index (χ2v) is 2.51. The van der Waals surface area contributed by atoms with Crippen molar-refractivity contribution in [1.29, 1.82) is 0 Å². The van der Waals surface area contributed by atoms with Gasteiger partial charge in [0.25, 0.3) is 0 Å². The highest BCUT2D eigenvalue weighted by Crippen LogP contribution is 1.90. The third kappa shape index (κ3) is 5.37. The quantitative estimate of drug-likeness (QED) is 0.611. The van der Waals surface area contributed by atoms with Gasteiger partial charge in [0, 0.05) is 6.54 Å². The van der Waals surface area contributed by atoms with Crippen molar-refractivity contribution in [3.05, 3.63) is 0 Å². The van der Waals surface area contributed by atoms with E-state index in [1.807, 2.05) is 19.0 Å². The number of rotatable bonds is 3. The third-order valence-electron chi connectivity index (χ3n) is 0.940. The van der Waals surface area contributed by atoms with E-state index >= 15 is 0 Å². The van der Waals surface area contributed by atoms with Gasteiger partial charge in [-0.25, -0.2) is 4.79 Å². The van der Waals surface area contributed by atoms with Crippen molar-refractivity contribution in [2.75, 3.05) is 20.6 Å². The maximum atomic E-state index is 10.2. The molecule has 0 rings (SSSR count). The molecule has 0 bridgehead atoms. The number of primary amides is 1. The number of amides is 1. The summed E-state index contributed by atoms with van der Waals surface area (Å²) in [5.41, 5.74) is 4.79. The molecule has 0 aliphatic carbocycles. The summed E-state index contributed by atoms with van der Waals surface area (Å²) < 4.78 is 4.66. The van der Waals surface area contributed by atoms with Crippen LogP contribution in [0.15, 0.2) is 0 Å². The van der Waals surface area contributed by atoms with Crippen molar-refractivity contribution < 1.29 is 9.53 Å². The Hall–Kier alpha value is -0.770. The number of likely N-dealkylation sites (N-methyl/N-ethyl adjacent to an activating group) is 1. The first-order valence-electron chi connectivity index (χ1n) is 3.13. The van der Waals surface area contributed by atoms with Crippen molar-refractivity contribution in [3.8, 4) is 0 Å². The molecular weight excluding hydrogens is 132 g/mol. The van der Waals surface area contributed by atoms with Crippen molar-refractivity contribution in [2.24, 2.45) is 5.73 Å². The molecule has 1 atom stereocenters. The van der Waals surface area contributed by atoms with Crippen LogP contribution in [0.5, 0.6) is 0 Å². The van der Waals surface area contributed by atoms with Crippen LogP contribution in [0.25, 0.3) is 0 Å². The number of ether oxygens (including phenoxy) is 1. The number of carbonyl (C=O) groups excluding carboxylic acids is 1. The molecule has 2 N–H and O–H groups in total. The van der Waals surface area contributed by atoms with Gasteiger partial charge < -0.3 is 15.4 Å². The van der Waals surface area contributed by atoms with Crippen LogP contribution in [-0.2, 0) is 4.74 Å². The first kappa shape index (κ1) is 9.23. The molecule has 10 heavy (non-hydrogen) atoms. The van der Waals surface area contributed by atoms with Gasteiger partial charge in [-0.3, -0.25) is 0 Å². The van der Waals surface area contributed by atoms with Gasteiger partial charge in [-0.15, -0.1) is 0 Å². The number of hydrogen-bond acceptors (Lipinski definition) is 3. The minimum absolute atomic E-state index is 0.132. The molecule has 0 aromatic heterocycles. The van der Waals surface area contributed by atoms with E-state index in [0.717, 1.165) is 0 Å². The molecule has 4 nitrogen and oxygen atoms in total. The van der Waals surface area contributed by atoms with E-state index in [-0.39, 0.29) is 6.10 Å². The minimum Gasteiger partial charge on any atom is -0.445 e. The van der Waals surface area contributed by atoms with E-state index in [9.17, 15) is 4.79 Å². The number of hydrogen-bond donors (Lipinski definition) is 1. The van der Waals surface area contributed by atoms with Crippen LogP contribution < -0.4 is 5.73 Å². The molecule has 0 radical (unpaired) electrons. The van der Waals surface area contributed by atoms with Crippen LogP contribution in [-0.4, -0.2) is 37.7 Å². The van der Waals surface area contributed by atoms with E-state index in [1.165, 1.54) is 0 Å². The molecule has 4 heteroatoms. The molecule has 0 saturated carbocycles. The summed E-state index contributed by atoms with van der Waals surface area (Å²) in [6.45, 7) is 2.49. The molecule has 0 fully saturated rings. The van der Waals surface area contributed by atoms with Crippen LogP contribution in [0.1, 0.15) is 6.92 Å². The predicted octanol–water partition coefficient (Wildman–Crippen LogP) is 0.0318. The number of nitrogens with zero attached hydrogens (tertiary/aromatic N) is 1. The molecular formula is C6H14N2O2. The summed E-state index contributed by atoms with van der Waals surface area (Å²) in [5.74, 6) is 0. The normalized spacial score (nSPS) is 13.2. The standard InChI is InChI=1S/C6H14N2O2/c1-5(4-8(2)3)10-6(7)9/h5H,4H2,1-3H3,(H2,7,9)/t5-/m1/s1. The van der Waals surface area contributed by atoms with Crippen LogP contribution in [0.3, 0.4) is 0 Å². The van der Waals surface area contributed by atoms with E-state index in [4.69, 9.17) is 5.73 Å². The van der Waals surface area contributed by atoms with Gasteiger partial charge in [-0.05, 0) is 21.0 Å². The largest absolute Gasteiger partial charge is 0.445 e. The highest BCUT2D eigenvalue weighted by Gasteiger charge is 2.05. The van der Waals surface area contributed by atoms with Crippen LogP contribution in [0.2, 0.25) is 0 Å². The lowest BCUT2D eigenvalue weighted by Crippen LogP contribution is -2.29. The third-order valence-corrected chi connectivity index (χ3v) is 0.940. The minimum atomic E-state index is -0.714. The van der Waals surface area contributed by atoms with Crippen molar-refractivity contribution >= 4 is 6.09 Å². The summed E-state index contributed by atoms with van der Waals surface area (Å²) in [6, 6.07) is 0. The summed E-state index contributed by atoms with van der Waals surface area (Å²) in [4.78, 5) is 12.1. The smallest absolute Gasteiger partial charge is 0.404 e. The Morgan fingerprint density at radius 1 is 1.70 bits per heavy atom. The maximum Gasteiger partial charge on any atom is 0.404 e. The Labute approximate surface area is 60.9 Å². The summed E-state index contributed by atoms with van der Waals surface area (Å²) >= 11 is 0. The second-order valence-electron chi connectivity index (χ2n) is 2.51. The highest BCUT2D eigenvalue weighted by molar-refractivity contribution is 5.64. The fraction of sp³-hybridized carbons (Fsp3) is 0.833. The van der Waals surface area contributed by atoms with Gasteiger partial charge in [0.15, 0.2) is 0 Å². The molecule has 0 aliphatic rings. The predicted molar refractivity (Wildman–Crippen MR) is 38.7 cm³/mol. The monoisotopic (exact) mass is 146 g/mol. The molecule has 0 unspecified atom stereocenters. The molecule has 0 spiro atoms. The second kappa shape index (κ2) is 4.11. The number of carbonyl (C=O) groups is 1. The number of nitrogens with two attached hydrogens (primary N) is 1. The average molecular weight is 146 g/mol. The van der Waals surface area contributed by atoms with E-state index < -0.39 is 6.09 Å². The molecule has 0 heterocycles. The Morgan fingerprint density at radius 2 is 2.20 bits per heavy atom. The maximum absolute atomic E-state index is 10.2. The molecule has 0 saturated heterocycles. The lowest BCUT2D eigenvalue weighted by Gasteiger charge is -2.15. The Kier molecular flexibility index (Phi) is 3.79. The van der Waals surface area contributed by atoms with Crippen molar-refractivity contribution in [2.45, 2.75) is 13.0 Å². The van der Waals surface area contributed by atoms with Crippen LogP contribution in [0, 0.1) is 0 Å². The van der Waals surface area contributed by atoms with Gasteiger partial charge >= 0.3 is 6.09 Å². The van der Waals surface area contributed by atoms with Crippen LogP contribution in [0.4, 0.5) is 4.79 Å². The lowest BCUT2D eigenvalue weighted by atomic mass is 10.4. The van der Waals surface area contributed by atoms with Crippen LogP contribution >= 0.6 is 0 Å². The van der Waals surface area contributed by atoms with Gasteiger partial charge in [-0.1, -0.05) is 0 Å². The zero-order chi connectivity index (χ0) is 8.15. The highest BCUT2D eigenvalue weighted by atomic mass is 16.6. The topological polar surface area (TPSA) is 55.6 Å². The molecule has 0 aliphatic heterocycles. The van der Waals surface area contributed by atoms with Gasteiger partial charge in [0.2, 0.25) is 0 Å². The Balaban J connectivity index is 3.43. The van der Waals surface area contributed by atoms with Gasteiger partial charge in [0.05, 0.1) is 0 Å². The van der Waals surface area contributed by atoms with E-state index in [0.29, 0.717) is 6.54 Å². The summed E-state index contributed by atoms with van der Waals surface area (Å²) in [6.07, 6.45) is -0.846. The molecule has 0 aromatic carbocycles. The lowest BCUT2D eigenvalue weighted by molar-refractivity contribution is 0.0990. The van der Waals surface area contributed by atoms with E-state index in [1.54, 1.807) is 6.92 Å². The fourth-order valence-electron chi connectivity index (χ4n) is 0.750. The SMILES string of the molecule is C[C@H](CN(C)C)OC(N)=O. The zero-order valence-electron chi connectivity index (χ0n) is 6.63. The van der Waals surface area contributed by atoms with Gasteiger partial charge in [-0.2, -0.15) is 0 Å². The summed E-state index contributed by atoms with van der Waals surface area (Å²) in [7, 11) is 3.81. The molecule has 0 aromatic rings. The fourth-order valence-corrected chi connectivity index (χ4v) is 0.750. The zero-order valence-corrected chi connectivity index (χ0v) is 6.63. The molecule has 60 valence electrons. The van der Waals surface area contributed by atoms with Gasteiger partial charge in [0.1, 0.15) is 6.10 Å². The summed E-state index contributed by atoms with van der Waals surface area (Å²) in [5, 5.41) is 0.